The largest absolute Gasteiger partial charge is 0.369 e. The van der Waals surface area contributed by atoms with Crippen LogP contribution in [0.25, 0.3) is 11.2 Å². The van der Waals surface area contributed by atoms with Gasteiger partial charge in [-0.15, -0.1) is 0 Å². The Balaban J connectivity index is 1.22. The monoisotopic (exact) mass is 375 g/mol. The van der Waals surface area contributed by atoms with E-state index >= 15 is 0 Å². The Kier molecular flexibility index (Phi) is 4.55. The Morgan fingerprint density at radius 3 is 2.68 bits per heavy atom. The number of hydrogen-bond acceptors (Lipinski definition) is 4. The minimum Gasteiger partial charge on any atom is -0.369 e. The number of hydrogen-bond donors (Lipinski definition) is 1. The third kappa shape index (κ3) is 3.28. The lowest BCUT2D eigenvalue weighted by Crippen LogP contribution is -2.32. The topological polar surface area (TPSA) is 48.1 Å². The molecule has 4 heterocycles. The lowest BCUT2D eigenvalue weighted by atomic mass is 9.93. The van der Waals surface area contributed by atoms with Crippen LogP contribution in [0.1, 0.15) is 49.4 Å². The van der Waals surface area contributed by atoms with Gasteiger partial charge in [0.2, 0.25) is 0 Å². The second-order valence-electron chi connectivity index (χ2n) is 8.57. The van der Waals surface area contributed by atoms with E-state index < -0.39 is 0 Å². The molecule has 0 amide bonds. The molecule has 2 aliphatic heterocycles. The molecule has 5 nitrogen and oxygen atoms in total. The van der Waals surface area contributed by atoms with E-state index in [1.165, 1.54) is 41.8 Å². The van der Waals surface area contributed by atoms with Gasteiger partial charge in [0.15, 0.2) is 5.65 Å². The molecule has 0 aliphatic carbocycles. The lowest BCUT2D eigenvalue weighted by Gasteiger charge is -2.31. The van der Waals surface area contributed by atoms with Crippen molar-refractivity contribution in [1.82, 2.24) is 19.9 Å². The van der Waals surface area contributed by atoms with Crippen LogP contribution in [0.5, 0.6) is 0 Å². The first-order valence-corrected chi connectivity index (χ1v) is 10.6. The first kappa shape index (κ1) is 17.7. The van der Waals surface area contributed by atoms with E-state index in [9.17, 15) is 0 Å². The molecule has 28 heavy (non-hydrogen) atoms. The van der Waals surface area contributed by atoms with Crippen LogP contribution < -0.4 is 4.90 Å². The summed E-state index contributed by atoms with van der Waals surface area (Å²) in [5.41, 5.74) is 7.62. The fourth-order valence-corrected chi connectivity index (χ4v) is 4.87. The Hall–Kier alpha value is -2.40. The molecule has 1 fully saturated rings. The van der Waals surface area contributed by atoms with Gasteiger partial charge in [0.05, 0.1) is 0 Å². The molecule has 3 aromatic rings. The van der Waals surface area contributed by atoms with Crippen molar-refractivity contribution in [3.8, 4) is 0 Å². The van der Waals surface area contributed by atoms with Crippen LogP contribution in [0.3, 0.4) is 0 Å². The molecule has 1 aromatic carbocycles. The molecule has 5 rings (SSSR count). The zero-order valence-electron chi connectivity index (χ0n) is 16.9. The molecule has 0 saturated carbocycles. The number of fused-ring (bicyclic) bond motifs is 2. The molecule has 5 heteroatoms. The molecular weight excluding hydrogens is 346 g/mol. The number of piperidine rings is 1. The van der Waals surface area contributed by atoms with Gasteiger partial charge in [-0.1, -0.05) is 12.1 Å². The third-order valence-electron chi connectivity index (χ3n) is 6.41. The summed E-state index contributed by atoms with van der Waals surface area (Å²) in [5, 5.41) is 0. The number of aromatic amines is 1. The molecule has 0 bridgehead atoms. The van der Waals surface area contributed by atoms with Crippen LogP contribution in [-0.4, -0.2) is 45.5 Å². The van der Waals surface area contributed by atoms with Crippen molar-refractivity contribution >= 4 is 16.9 Å². The normalized spacial score (nSPS) is 18.3. The Morgan fingerprint density at radius 2 is 1.89 bits per heavy atom. The van der Waals surface area contributed by atoms with E-state index in [-0.39, 0.29) is 0 Å². The van der Waals surface area contributed by atoms with E-state index in [4.69, 9.17) is 0 Å². The lowest BCUT2D eigenvalue weighted by molar-refractivity contribution is 0.203. The highest BCUT2D eigenvalue weighted by molar-refractivity contribution is 5.71. The van der Waals surface area contributed by atoms with Gasteiger partial charge in [-0.2, -0.15) is 0 Å². The molecular formula is C23H29N5. The number of benzene rings is 1. The quantitative estimate of drug-likeness (QED) is 0.746. The number of likely N-dealkylation sites (tertiary alicyclic amines) is 1. The fraction of sp³-hybridized carbons (Fsp3) is 0.478. The summed E-state index contributed by atoms with van der Waals surface area (Å²) in [6, 6.07) is 9.89. The minimum absolute atomic E-state index is 0.584. The summed E-state index contributed by atoms with van der Waals surface area (Å²) in [5.74, 6) is 0.590. The van der Waals surface area contributed by atoms with Crippen molar-refractivity contribution in [2.24, 2.45) is 0 Å². The van der Waals surface area contributed by atoms with Crippen molar-refractivity contribution < 1.29 is 0 Å². The zero-order valence-corrected chi connectivity index (χ0v) is 16.9. The predicted octanol–water partition coefficient (Wildman–Crippen LogP) is 4.11. The Labute approximate surface area is 166 Å². The molecule has 0 atom stereocenters. The highest BCUT2D eigenvalue weighted by Gasteiger charge is 2.24. The molecule has 0 unspecified atom stereocenters. The smallest absolute Gasteiger partial charge is 0.156 e. The zero-order chi connectivity index (χ0) is 19.1. The Bertz CT molecular complexity index is 935. The number of nitrogens with one attached hydrogen (secondary N) is 1. The van der Waals surface area contributed by atoms with E-state index in [0.29, 0.717) is 12.0 Å². The number of anilines is 1. The summed E-state index contributed by atoms with van der Waals surface area (Å²) in [4.78, 5) is 17.4. The molecule has 0 spiro atoms. The third-order valence-corrected chi connectivity index (χ3v) is 6.41. The average Bonchev–Trinajstić information content (AvgIpc) is 3.32. The average molecular weight is 376 g/mol. The summed E-state index contributed by atoms with van der Waals surface area (Å²) < 4.78 is 0. The van der Waals surface area contributed by atoms with Gasteiger partial charge in [0.25, 0.3) is 0 Å². The molecule has 0 radical (unpaired) electrons. The summed E-state index contributed by atoms with van der Waals surface area (Å²) in [6.45, 7) is 9.10. The first-order valence-electron chi connectivity index (χ1n) is 10.6. The molecule has 2 aliphatic rings. The number of H-pyrrole nitrogens is 1. The molecule has 1 N–H and O–H groups in total. The Morgan fingerprint density at radius 1 is 1.07 bits per heavy atom. The van der Waals surface area contributed by atoms with Gasteiger partial charge in [0.1, 0.15) is 5.52 Å². The standard InChI is InChI=1S/C23H29N5/c1-16(2)28-12-7-19-13-17(3-4-22(19)28)15-27-10-5-18(6-11-27)20-14-21-23(26-20)25-9-8-24-21/h3-4,8-9,13-14,16,18H,5-7,10-12,15H2,1-2H3,(H,25,26). The molecule has 1 saturated heterocycles. The minimum atomic E-state index is 0.584. The maximum atomic E-state index is 4.40. The van der Waals surface area contributed by atoms with Crippen LogP contribution in [0.4, 0.5) is 5.69 Å². The van der Waals surface area contributed by atoms with E-state index in [0.717, 1.165) is 37.3 Å². The number of nitrogens with zero attached hydrogens (tertiary/aromatic N) is 4. The van der Waals surface area contributed by atoms with E-state index in [1.807, 2.05) is 0 Å². The van der Waals surface area contributed by atoms with Crippen molar-refractivity contribution in [1.29, 1.82) is 0 Å². The maximum absolute atomic E-state index is 4.40. The second-order valence-corrected chi connectivity index (χ2v) is 8.57. The molecule has 2 aromatic heterocycles. The van der Waals surface area contributed by atoms with Gasteiger partial charge >= 0.3 is 0 Å². The van der Waals surface area contributed by atoms with Crippen molar-refractivity contribution in [2.45, 2.75) is 51.6 Å². The number of rotatable bonds is 4. The first-order chi connectivity index (χ1) is 13.7. The van der Waals surface area contributed by atoms with Crippen molar-refractivity contribution in [3.63, 3.8) is 0 Å². The number of aromatic nitrogens is 3. The summed E-state index contributed by atoms with van der Waals surface area (Å²) in [7, 11) is 0. The van der Waals surface area contributed by atoms with E-state index in [2.05, 4.69) is 62.9 Å². The SMILES string of the molecule is CC(C)N1CCc2cc(CN3CCC(c4cc5nccnc5[nH]4)CC3)ccc21. The highest BCUT2D eigenvalue weighted by Crippen LogP contribution is 2.32. The van der Waals surface area contributed by atoms with E-state index in [1.54, 1.807) is 12.4 Å². The van der Waals surface area contributed by atoms with Gasteiger partial charge in [-0.05, 0) is 69.5 Å². The van der Waals surface area contributed by atoms with Gasteiger partial charge in [-0.25, -0.2) is 4.98 Å². The van der Waals surface area contributed by atoms with Crippen LogP contribution in [0.2, 0.25) is 0 Å². The van der Waals surface area contributed by atoms with Crippen LogP contribution in [0.15, 0.2) is 36.7 Å². The molecule has 146 valence electrons. The van der Waals surface area contributed by atoms with Crippen molar-refractivity contribution in [3.05, 3.63) is 53.5 Å². The predicted molar refractivity (Wildman–Crippen MR) is 114 cm³/mol. The summed E-state index contributed by atoms with van der Waals surface area (Å²) in [6.07, 6.45) is 7.09. The van der Waals surface area contributed by atoms with Gasteiger partial charge in [-0.3, -0.25) is 9.88 Å². The maximum Gasteiger partial charge on any atom is 0.156 e. The van der Waals surface area contributed by atoms with Crippen LogP contribution in [-0.2, 0) is 13.0 Å². The fourth-order valence-electron chi connectivity index (χ4n) is 4.87. The summed E-state index contributed by atoms with van der Waals surface area (Å²) >= 11 is 0. The van der Waals surface area contributed by atoms with Crippen LogP contribution >= 0.6 is 0 Å². The van der Waals surface area contributed by atoms with Crippen LogP contribution in [0, 0.1) is 0 Å². The highest BCUT2D eigenvalue weighted by atomic mass is 15.2. The van der Waals surface area contributed by atoms with Gasteiger partial charge in [0, 0.05) is 48.8 Å². The van der Waals surface area contributed by atoms with Crippen molar-refractivity contribution in [2.75, 3.05) is 24.5 Å². The second kappa shape index (κ2) is 7.21. The van der Waals surface area contributed by atoms with Gasteiger partial charge < -0.3 is 9.88 Å².